The highest BCUT2D eigenvalue weighted by atomic mass is 32.2. The van der Waals surface area contributed by atoms with Crippen LogP contribution >= 0.6 is 0 Å². The van der Waals surface area contributed by atoms with Crippen LogP contribution in [0.2, 0.25) is 0 Å². The summed E-state index contributed by atoms with van der Waals surface area (Å²) in [5.74, 6) is 0. The van der Waals surface area contributed by atoms with Crippen molar-refractivity contribution >= 4 is 10.8 Å². The SMILES string of the molecule is Cc1cc(-c2ccccc2)cc(C)c1S(=O)C(F)(F)F. The van der Waals surface area contributed by atoms with E-state index in [-0.39, 0.29) is 4.90 Å². The van der Waals surface area contributed by atoms with Crippen molar-refractivity contribution in [3.05, 3.63) is 53.6 Å². The fourth-order valence-electron chi connectivity index (χ4n) is 2.16. The number of hydrogen-bond donors (Lipinski definition) is 0. The maximum atomic E-state index is 12.6. The van der Waals surface area contributed by atoms with Crippen molar-refractivity contribution in [2.24, 2.45) is 0 Å². The van der Waals surface area contributed by atoms with Crippen LogP contribution < -0.4 is 0 Å². The van der Waals surface area contributed by atoms with Gasteiger partial charge in [0.05, 0.1) is 4.90 Å². The first-order valence-corrected chi connectivity index (χ1v) is 7.11. The van der Waals surface area contributed by atoms with E-state index < -0.39 is 16.3 Å². The van der Waals surface area contributed by atoms with Crippen molar-refractivity contribution in [3.8, 4) is 11.1 Å². The molecule has 0 saturated heterocycles. The molecule has 0 saturated carbocycles. The van der Waals surface area contributed by atoms with Gasteiger partial charge in [0.25, 0.3) is 0 Å². The summed E-state index contributed by atoms with van der Waals surface area (Å²) in [6.07, 6.45) is 0. The molecular weight excluding hydrogens is 285 g/mol. The average Bonchev–Trinajstić information content (AvgIpc) is 2.37. The van der Waals surface area contributed by atoms with Crippen LogP contribution in [0.1, 0.15) is 11.1 Å². The molecule has 2 aromatic rings. The average molecular weight is 298 g/mol. The van der Waals surface area contributed by atoms with Gasteiger partial charge in [-0.1, -0.05) is 42.5 Å². The van der Waals surface area contributed by atoms with Crippen molar-refractivity contribution < 1.29 is 17.4 Å². The molecule has 0 fully saturated rings. The molecule has 0 aliphatic rings. The van der Waals surface area contributed by atoms with Crippen LogP contribution in [0.5, 0.6) is 0 Å². The Balaban J connectivity index is 2.53. The predicted molar refractivity (Wildman–Crippen MR) is 73.8 cm³/mol. The van der Waals surface area contributed by atoms with E-state index in [0.29, 0.717) is 11.1 Å². The summed E-state index contributed by atoms with van der Waals surface area (Å²) in [7, 11) is -2.99. The number of benzene rings is 2. The maximum absolute atomic E-state index is 12.6. The molecule has 0 spiro atoms. The zero-order valence-electron chi connectivity index (χ0n) is 11.0. The van der Waals surface area contributed by atoms with Gasteiger partial charge in [0.2, 0.25) is 0 Å². The number of rotatable bonds is 2. The third kappa shape index (κ3) is 2.93. The lowest BCUT2D eigenvalue weighted by molar-refractivity contribution is -0.0385. The minimum atomic E-state index is -4.73. The Kier molecular flexibility index (Phi) is 3.99. The van der Waals surface area contributed by atoms with E-state index in [9.17, 15) is 17.4 Å². The van der Waals surface area contributed by atoms with Gasteiger partial charge in [0, 0.05) is 0 Å². The zero-order chi connectivity index (χ0) is 14.9. The van der Waals surface area contributed by atoms with Crippen molar-refractivity contribution in [1.82, 2.24) is 0 Å². The van der Waals surface area contributed by atoms with E-state index >= 15 is 0 Å². The van der Waals surface area contributed by atoms with E-state index in [1.807, 2.05) is 30.3 Å². The molecular formula is C15H13F3OS. The fourth-order valence-corrected chi connectivity index (χ4v) is 3.09. The van der Waals surface area contributed by atoms with Crippen molar-refractivity contribution in [1.29, 1.82) is 0 Å². The molecule has 0 heterocycles. The summed E-state index contributed by atoms with van der Waals surface area (Å²) >= 11 is 0. The third-order valence-electron chi connectivity index (χ3n) is 2.96. The monoisotopic (exact) mass is 298 g/mol. The standard InChI is InChI=1S/C15H13F3OS/c1-10-8-13(12-6-4-3-5-7-12)9-11(2)14(10)20(19)15(16,17)18/h3-9H,1-2H3. The van der Waals surface area contributed by atoms with Crippen molar-refractivity contribution in [3.63, 3.8) is 0 Å². The van der Waals surface area contributed by atoms with E-state index in [2.05, 4.69) is 0 Å². The van der Waals surface area contributed by atoms with Crippen LogP contribution in [0.25, 0.3) is 11.1 Å². The molecule has 1 unspecified atom stereocenters. The van der Waals surface area contributed by atoms with Crippen LogP contribution in [0.15, 0.2) is 47.4 Å². The third-order valence-corrected chi connectivity index (χ3v) is 4.40. The van der Waals surface area contributed by atoms with Gasteiger partial charge in [0.1, 0.15) is 0 Å². The normalized spacial score (nSPS) is 13.2. The Labute approximate surface area is 117 Å². The second-order valence-corrected chi connectivity index (χ2v) is 5.93. The quantitative estimate of drug-likeness (QED) is 0.792. The smallest absolute Gasteiger partial charge is 0.245 e. The molecule has 1 nitrogen and oxygen atoms in total. The number of alkyl halides is 3. The Morgan fingerprint density at radius 1 is 0.900 bits per heavy atom. The van der Waals surface area contributed by atoms with Crippen LogP contribution in [0.3, 0.4) is 0 Å². The van der Waals surface area contributed by atoms with Gasteiger partial charge in [-0.3, -0.25) is 0 Å². The van der Waals surface area contributed by atoms with Crippen molar-refractivity contribution in [2.75, 3.05) is 0 Å². The summed E-state index contributed by atoms with van der Waals surface area (Å²) in [4.78, 5) is -0.141. The van der Waals surface area contributed by atoms with Gasteiger partial charge in [0.15, 0.2) is 10.8 Å². The Morgan fingerprint density at radius 3 is 1.85 bits per heavy atom. The van der Waals surface area contributed by atoms with Gasteiger partial charge in [-0.25, -0.2) is 4.21 Å². The summed E-state index contributed by atoms with van der Waals surface area (Å²) in [6, 6.07) is 12.6. The molecule has 0 N–H and O–H groups in total. The summed E-state index contributed by atoms with van der Waals surface area (Å²) in [6.45, 7) is 3.11. The van der Waals surface area contributed by atoms with Gasteiger partial charge >= 0.3 is 5.51 Å². The summed E-state index contributed by atoms with van der Waals surface area (Å²) in [5.41, 5.74) is -2.21. The number of hydrogen-bond acceptors (Lipinski definition) is 1. The highest BCUT2D eigenvalue weighted by Crippen LogP contribution is 2.33. The zero-order valence-corrected chi connectivity index (χ0v) is 11.8. The van der Waals surface area contributed by atoms with Gasteiger partial charge in [-0.05, 0) is 36.1 Å². The van der Waals surface area contributed by atoms with Gasteiger partial charge in [-0.15, -0.1) is 0 Å². The van der Waals surface area contributed by atoms with Gasteiger partial charge in [-0.2, -0.15) is 13.2 Å². The molecule has 106 valence electrons. The fraction of sp³-hybridized carbons (Fsp3) is 0.200. The summed E-state index contributed by atoms with van der Waals surface area (Å²) in [5, 5.41) is 0. The second kappa shape index (κ2) is 5.40. The predicted octanol–water partition coefficient (Wildman–Crippen LogP) is 4.60. The highest BCUT2D eigenvalue weighted by Gasteiger charge is 2.39. The van der Waals surface area contributed by atoms with E-state index in [4.69, 9.17) is 0 Å². The van der Waals surface area contributed by atoms with Gasteiger partial charge < -0.3 is 0 Å². The lowest BCUT2D eigenvalue weighted by atomic mass is 10.0. The molecule has 0 aliphatic heterocycles. The second-order valence-electron chi connectivity index (χ2n) is 4.52. The molecule has 2 rings (SSSR count). The lowest BCUT2D eigenvalue weighted by Gasteiger charge is -2.14. The van der Waals surface area contributed by atoms with E-state index in [0.717, 1.165) is 11.1 Å². The topological polar surface area (TPSA) is 17.1 Å². The van der Waals surface area contributed by atoms with Crippen LogP contribution in [-0.2, 0) is 10.8 Å². The first kappa shape index (κ1) is 14.8. The molecule has 1 atom stereocenters. The molecule has 0 aliphatic carbocycles. The molecule has 0 bridgehead atoms. The van der Waals surface area contributed by atoms with Crippen molar-refractivity contribution in [2.45, 2.75) is 24.3 Å². The lowest BCUT2D eigenvalue weighted by Crippen LogP contribution is -2.18. The number of aryl methyl sites for hydroxylation is 2. The first-order chi connectivity index (χ1) is 9.30. The molecule has 0 radical (unpaired) electrons. The molecule has 0 amide bonds. The largest absolute Gasteiger partial charge is 0.475 e. The summed E-state index contributed by atoms with van der Waals surface area (Å²) < 4.78 is 49.4. The van der Waals surface area contributed by atoms with E-state index in [1.54, 1.807) is 26.0 Å². The first-order valence-electron chi connectivity index (χ1n) is 5.96. The Hall–Kier alpha value is -1.62. The Morgan fingerprint density at radius 2 is 1.40 bits per heavy atom. The minimum absolute atomic E-state index is 0.141. The Bertz CT molecular complexity index is 625. The maximum Gasteiger partial charge on any atom is 0.475 e. The molecule has 5 heteroatoms. The van der Waals surface area contributed by atoms with E-state index in [1.165, 1.54) is 0 Å². The van der Waals surface area contributed by atoms with Crippen LogP contribution in [0.4, 0.5) is 13.2 Å². The van der Waals surface area contributed by atoms with Crippen LogP contribution in [0, 0.1) is 13.8 Å². The molecule has 2 aromatic carbocycles. The molecule has 0 aromatic heterocycles. The van der Waals surface area contributed by atoms with Crippen LogP contribution in [-0.4, -0.2) is 9.72 Å². The highest BCUT2D eigenvalue weighted by molar-refractivity contribution is 7.86. The minimum Gasteiger partial charge on any atom is -0.245 e. The number of halogens is 3. The molecule has 20 heavy (non-hydrogen) atoms.